The van der Waals surface area contributed by atoms with Crippen molar-refractivity contribution in [3.8, 4) is 0 Å². The first kappa shape index (κ1) is 14.9. The van der Waals surface area contributed by atoms with Gasteiger partial charge in [0.1, 0.15) is 11.4 Å². The van der Waals surface area contributed by atoms with Gasteiger partial charge < -0.3 is 14.7 Å². The molecule has 0 aliphatic rings. The quantitative estimate of drug-likeness (QED) is 0.926. The van der Waals surface area contributed by atoms with Crippen LogP contribution in [0.3, 0.4) is 0 Å². The van der Waals surface area contributed by atoms with Crippen LogP contribution in [0.1, 0.15) is 23.3 Å². The van der Waals surface area contributed by atoms with Gasteiger partial charge in [0.25, 0.3) is 0 Å². The smallest absolute Gasteiger partial charge is 0.322 e. The maximum absolute atomic E-state index is 12.3. The molecule has 2 aromatic rings. The van der Waals surface area contributed by atoms with Crippen molar-refractivity contribution in [3.05, 3.63) is 32.8 Å². The van der Waals surface area contributed by atoms with Crippen molar-refractivity contribution < 1.29 is 9.32 Å². The van der Waals surface area contributed by atoms with E-state index in [9.17, 15) is 4.79 Å². The summed E-state index contributed by atoms with van der Waals surface area (Å²) in [5.41, 5.74) is 1.31. The molecule has 2 amide bonds. The molecule has 0 spiro atoms. The van der Waals surface area contributed by atoms with E-state index < -0.39 is 0 Å². The third-order valence-corrected chi connectivity index (χ3v) is 4.13. The molecule has 0 fully saturated rings. The van der Waals surface area contributed by atoms with E-state index in [0.29, 0.717) is 30.2 Å². The zero-order valence-electron chi connectivity index (χ0n) is 11.6. The Balaban J connectivity index is 2.06. The van der Waals surface area contributed by atoms with Gasteiger partial charge in [-0.05, 0) is 32.9 Å². The van der Waals surface area contributed by atoms with Crippen molar-refractivity contribution in [2.75, 3.05) is 11.9 Å². The lowest BCUT2D eigenvalue weighted by Gasteiger charge is -2.20. The van der Waals surface area contributed by atoms with Gasteiger partial charge in [-0.2, -0.15) is 0 Å². The minimum absolute atomic E-state index is 0.175. The van der Waals surface area contributed by atoms with Crippen molar-refractivity contribution in [2.45, 2.75) is 27.3 Å². The Morgan fingerprint density at radius 3 is 2.75 bits per heavy atom. The second-order valence-corrected chi connectivity index (χ2v) is 6.15. The van der Waals surface area contributed by atoms with Gasteiger partial charge in [0.05, 0.1) is 10.9 Å². The second-order valence-electron chi connectivity index (χ2n) is 4.35. The van der Waals surface area contributed by atoms with Gasteiger partial charge in [0, 0.05) is 11.4 Å². The minimum atomic E-state index is -0.175. The summed E-state index contributed by atoms with van der Waals surface area (Å²) in [6, 6.07) is 3.59. The summed E-state index contributed by atoms with van der Waals surface area (Å²) in [5, 5.41) is 6.66. The Kier molecular flexibility index (Phi) is 4.67. The molecule has 108 valence electrons. The largest absolute Gasteiger partial charge is 0.359 e. The number of thiophene rings is 1. The van der Waals surface area contributed by atoms with E-state index in [0.717, 1.165) is 9.21 Å². The number of aromatic nitrogens is 1. The summed E-state index contributed by atoms with van der Waals surface area (Å²) in [6.07, 6.45) is 0. The SMILES string of the molecule is CCN(Cc1ccc(Cl)s1)C(=O)Nc1c(C)noc1C. The summed E-state index contributed by atoms with van der Waals surface area (Å²) in [6.45, 7) is 6.63. The van der Waals surface area contributed by atoms with Gasteiger partial charge in [-0.1, -0.05) is 16.8 Å². The molecule has 0 aromatic carbocycles. The van der Waals surface area contributed by atoms with Crippen LogP contribution in [0.25, 0.3) is 0 Å². The molecule has 2 heterocycles. The van der Waals surface area contributed by atoms with Crippen molar-refractivity contribution in [3.63, 3.8) is 0 Å². The maximum atomic E-state index is 12.3. The number of anilines is 1. The third-order valence-electron chi connectivity index (χ3n) is 2.91. The predicted molar refractivity (Wildman–Crippen MR) is 80.4 cm³/mol. The molecule has 0 unspecified atom stereocenters. The first-order valence-electron chi connectivity index (χ1n) is 6.24. The van der Waals surface area contributed by atoms with Gasteiger partial charge in [-0.15, -0.1) is 11.3 Å². The highest BCUT2D eigenvalue weighted by Gasteiger charge is 2.17. The number of urea groups is 1. The Labute approximate surface area is 126 Å². The Morgan fingerprint density at radius 2 is 2.25 bits per heavy atom. The Hall–Kier alpha value is -1.53. The normalized spacial score (nSPS) is 10.6. The number of amides is 2. The van der Waals surface area contributed by atoms with E-state index in [-0.39, 0.29) is 6.03 Å². The molecular weight excluding hydrogens is 298 g/mol. The Morgan fingerprint density at radius 1 is 1.50 bits per heavy atom. The Bertz CT molecular complexity index is 589. The summed E-state index contributed by atoms with van der Waals surface area (Å²) < 4.78 is 5.76. The molecule has 0 saturated carbocycles. The molecule has 5 nitrogen and oxygen atoms in total. The predicted octanol–water partition coefficient (Wildman–Crippen LogP) is 4.06. The van der Waals surface area contributed by atoms with Crippen molar-refractivity contribution in [1.82, 2.24) is 10.1 Å². The lowest BCUT2D eigenvalue weighted by atomic mass is 10.3. The highest BCUT2D eigenvalue weighted by atomic mass is 35.5. The number of hydrogen-bond donors (Lipinski definition) is 1. The zero-order valence-corrected chi connectivity index (χ0v) is 13.1. The fourth-order valence-corrected chi connectivity index (χ4v) is 2.90. The lowest BCUT2D eigenvalue weighted by molar-refractivity contribution is 0.212. The molecule has 0 radical (unpaired) electrons. The van der Waals surface area contributed by atoms with E-state index in [1.54, 1.807) is 18.7 Å². The first-order valence-corrected chi connectivity index (χ1v) is 7.43. The minimum Gasteiger partial charge on any atom is -0.359 e. The fraction of sp³-hybridized carbons (Fsp3) is 0.385. The van der Waals surface area contributed by atoms with Crippen molar-refractivity contribution in [2.24, 2.45) is 0 Å². The lowest BCUT2D eigenvalue weighted by Crippen LogP contribution is -2.34. The van der Waals surface area contributed by atoms with Gasteiger partial charge in [-0.25, -0.2) is 4.79 Å². The molecule has 0 aliphatic heterocycles. The molecular formula is C13H16ClN3O2S. The maximum Gasteiger partial charge on any atom is 0.322 e. The molecule has 0 aliphatic carbocycles. The number of nitrogens with zero attached hydrogens (tertiary/aromatic N) is 2. The summed E-state index contributed by atoms with van der Waals surface area (Å²) in [7, 11) is 0. The van der Waals surface area contributed by atoms with E-state index in [4.69, 9.17) is 16.1 Å². The van der Waals surface area contributed by atoms with Crippen LogP contribution in [0.5, 0.6) is 0 Å². The number of carbonyl (C=O) groups excluding carboxylic acids is 1. The average molecular weight is 314 g/mol. The molecule has 20 heavy (non-hydrogen) atoms. The highest BCUT2D eigenvalue weighted by molar-refractivity contribution is 7.16. The van der Waals surface area contributed by atoms with E-state index in [1.807, 2.05) is 19.1 Å². The third kappa shape index (κ3) is 3.32. The van der Waals surface area contributed by atoms with Crippen LogP contribution in [0.15, 0.2) is 16.7 Å². The zero-order chi connectivity index (χ0) is 14.7. The molecule has 0 atom stereocenters. The van der Waals surface area contributed by atoms with Crippen LogP contribution in [-0.4, -0.2) is 22.6 Å². The van der Waals surface area contributed by atoms with Crippen molar-refractivity contribution in [1.29, 1.82) is 0 Å². The molecule has 0 bridgehead atoms. The summed E-state index contributed by atoms with van der Waals surface area (Å²) in [5.74, 6) is 0.603. The van der Waals surface area contributed by atoms with Gasteiger partial charge >= 0.3 is 6.03 Å². The topological polar surface area (TPSA) is 58.4 Å². The first-order chi connectivity index (χ1) is 9.51. The van der Waals surface area contributed by atoms with E-state index in [1.165, 1.54) is 11.3 Å². The van der Waals surface area contributed by atoms with Crippen LogP contribution in [0.2, 0.25) is 4.34 Å². The van der Waals surface area contributed by atoms with Gasteiger partial charge in [-0.3, -0.25) is 0 Å². The van der Waals surface area contributed by atoms with Crippen LogP contribution in [0.4, 0.5) is 10.5 Å². The number of nitrogens with one attached hydrogen (secondary N) is 1. The molecule has 0 saturated heterocycles. The standard InChI is InChI=1S/C13H16ClN3O2S/c1-4-17(7-10-5-6-11(14)20-10)13(18)15-12-8(2)16-19-9(12)3/h5-6H,4,7H2,1-3H3,(H,15,18). The van der Waals surface area contributed by atoms with E-state index in [2.05, 4.69) is 10.5 Å². The van der Waals surface area contributed by atoms with E-state index >= 15 is 0 Å². The monoisotopic (exact) mass is 313 g/mol. The highest BCUT2D eigenvalue weighted by Crippen LogP contribution is 2.23. The number of hydrogen-bond acceptors (Lipinski definition) is 4. The van der Waals surface area contributed by atoms with Crippen molar-refractivity contribution >= 4 is 34.7 Å². The molecule has 2 rings (SSSR count). The van der Waals surface area contributed by atoms with Crippen LogP contribution < -0.4 is 5.32 Å². The van der Waals surface area contributed by atoms with Gasteiger partial charge in [0.2, 0.25) is 0 Å². The van der Waals surface area contributed by atoms with Gasteiger partial charge in [0.15, 0.2) is 5.76 Å². The second kappa shape index (κ2) is 6.28. The average Bonchev–Trinajstić information content (AvgIpc) is 2.96. The molecule has 1 N–H and O–H groups in total. The van der Waals surface area contributed by atoms with Crippen LogP contribution in [-0.2, 0) is 6.54 Å². The van der Waals surface area contributed by atoms with Crippen LogP contribution in [0, 0.1) is 13.8 Å². The number of rotatable bonds is 4. The summed E-state index contributed by atoms with van der Waals surface area (Å²) in [4.78, 5) is 15.0. The number of carbonyl (C=O) groups is 1. The number of aryl methyl sites for hydroxylation is 2. The fourth-order valence-electron chi connectivity index (χ4n) is 1.80. The molecule has 2 aromatic heterocycles. The summed E-state index contributed by atoms with van der Waals surface area (Å²) >= 11 is 7.38. The van der Waals surface area contributed by atoms with Crippen LogP contribution >= 0.6 is 22.9 Å². The number of halogens is 1. The molecule has 7 heteroatoms.